The first-order valence-electron chi connectivity index (χ1n) is 9.77. The zero-order valence-corrected chi connectivity index (χ0v) is 18.1. The molecular weight excluding hydrogens is 398 g/mol. The number of rotatable bonds is 5. The number of benzene rings is 2. The fraction of sp³-hybridized carbons (Fsp3) is 0.318. The lowest BCUT2D eigenvalue weighted by molar-refractivity contribution is -0.385. The Morgan fingerprint density at radius 1 is 1.16 bits per heavy atom. The Labute approximate surface area is 179 Å². The minimum Gasteiger partial charge on any atom is -0.501 e. The highest BCUT2D eigenvalue weighted by Crippen LogP contribution is 2.39. The molecule has 9 heteroatoms. The van der Waals surface area contributed by atoms with E-state index >= 15 is 0 Å². The van der Waals surface area contributed by atoms with Crippen LogP contribution in [0.2, 0.25) is 0 Å². The van der Waals surface area contributed by atoms with E-state index in [1.54, 1.807) is 19.1 Å². The minimum atomic E-state index is -0.660. The Morgan fingerprint density at radius 3 is 2.48 bits per heavy atom. The number of aromatic amines is 1. The predicted octanol–water partition coefficient (Wildman–Crippen LogP) is 5.40. The third kappa shape index (κ3) is 4.88. The van der Waals surface area contributed by atoms with E-state index in [4.69, 9.17) is 0 Å². The normalized spacial score (nSPS) is 11.9. The SMILES string of the molecule is Cc1cccc(-n2[nH]c(C)c(N=Nc3cc(CC(C)(C)C)cc([N+](=O)[O-])c3O)c2=O)c1. The topological polar surface area (TPSA) is 126 Å². The molecule has 3 aromatic rings. The number of nitro groups is 1. The van der Waals surface area contributed by atoms with Crippen molar-refractivity contribution in [1.82, 2.24) is 9.78 Å². The van der Waals surface area contributed by atoms with Crippen molar-refractivity contribution < 1.29 is 10.0 Å². The van der Waals surface area contributed by atoms with Gasteiger partial charge in [0.05, 0.1) is 16.3 Å². The second-order valence-corrected chi connectivity index (χ2v) is 8.74. The lowest BCUT2D eigenvalue weighted by atomic mass is 9.88. The van der Waals surface area contributed by atoms with Crippen LogP contribution >= 0.6 is 0 Å². The average Bonchev–Trinajstić information content (AvgIpc) is 2.94. The number of H-pyrrole nitrogens is 1. The molecule has 0 saturated heterocycles. The maximum atomic E-state index is 12.8. The maximum absolute atomic E-state index is 12.8. The molecule has 0 atom stereocenters. The van der Waals surface area contributed by atoms with E-state index in [0.29, 0.717) is 23.4 Å². The van der Waals surface area contributed by atoms with Crippen LogP contribution < -0.4 is 5.56 Å². The number of aryl methyl sites for hydroxylation is 2. The van der Waals surface area contributed by atoms with Gasteiger partial charge in [0.25, 0.3) is 5.56 Å². The molecular formula is C22H25N5O4. The van der Waals surface area contributed by atoms with Gasteiger partial charge in [0.1, 0.15) is 5.69 Å². The fourth-order valence-corrected chi connectivity index (χ4v) is 3.30. The predicted molar refractivity (Wildman–Crippen MR) is 118 cm³/mol. The molecule has 0 saturated carbocycles. The summed E-state index contributed by atoms with van der Waals surface area (Å²) in [6.07, 6.45) is 0.542. The quantitative estimate of drug-likeness (QED) is 0.324. The molecule has 9 nitrogen and oxygen atoms in total. The van der Waals surface area contributed by atoms with Crippen molar-refractivity contribution in [2.75, 3.05) is 0 Å². The molecule has 1 aromatic heterocycles. The van der Waals surface area contributed by atoms with Crippen molar-refractivity contribution in [3.8, 4) is 11.4 Å². The maximum Gasteiger partial charge on any atom is 0.313 e. The number of nitrogens with zero attached hydrogens (tertiary/aromatic N) is 4. The van der Waals surface area contributed by atoms with Gasteiger partial charge in [-0.05, 0) is 55.0 Å². The Kier molecular flexibility index (Phi) is 5.79. The molecule has 0 spiro atoms. The van der Waals surface area contributed by atoms with Crippen molar-refractivity contribution in [3.63, 3.8) is 0 Å². The summed E-state index contributed by atoms with van der Waals surface area (Å²) in [5, 5.41) is 32.7. The fourth-order valence-electron chi connectivity index (χ4n) is 3.30. The molecule has 0 aliphatic rings. The molecule has 0 amide bonds. The van der Waals surface area contributed by atoms with Gasteiger partial charge in [-0.25, -0.2) is 4.68 Å². The molecule has 0 fully saturated rings. The van der Waals surface area contributed by atoms with Crippen LogP contribution in [-0.4, -0.2) is 19.8 Å². The van der Waals surface area contributed by atoms with Crippen LogP contribution in [0.5, 0.6) is 5.75 Å². The first-order valence-corrected chi connectivity index (χ1v) is 9.77. The van der Waals surface area contributed by atoms with Gasteiger partial charge in [0, 0.05) is 6.07 Å². The summed E-state index contributed by atoms with van der Waals surface area (Å²) in [6.45, 7) is 9.61. The van der Waals surface area contributed by atoms with E-state index in [9.17, 15) is 20.0 Å². The van der Waals surface area contributed by atoms with E-state index in [1.807, 2.05) is 45.9 Å². The smallest absolute Gasteiger partial charge is 0.313 e. The lowest BCUT2D eigenvalue weighted by Gasteiger charge is -2.18. The highest BCUT2D eigenvalue weighted by atomic mass is 16.6. The number of nitrogens with one attached hydrogen (secondary N) is 1. The van der Waals surface area contributed by atoms with Crippen LogP contribution in [0.1, 0.15) is 37.6 Å². The van der Waals surface area contributed by atoms with Crippen molar-refractivity contribution in [2.45, 2.75) is 41.0 Å². The Bertz CT molecular complexity index is 1230. The zero-order valence-electron chi connectivity index (χ0n) is 18.1. The molecule has 2 aromatic carbocycles. The molecule has 3 rings (SSSR count). The highest BCUT2D eigenvalue weighted by Gasteiger charge is 2.22. The minimum absolute atomic E-state index is 0.0597. The van der Waals surface area contributed by atoms with E-state index in [0.717, 1.165) is 5.56 Å². The molecule has 0 aliphatic carbocycles. The van der Waals surface area contributed by atoms with Crippen molar-refractivity contribution in [2.24, 2.45) is 15.6 Å². The average molecular weight is 423 g/mol. The van der Waals surface area contributed by atoms with E-state index in [-0.39, 0.29) is 16.8 Å². The summed E-state index contributed by atoms with van der Waals surface area (Å²) in [5.74, 6) is -0.585. The van der Waals surface area contributed by atoms with Gasteiger partial charge in [0.15, 0.2) is 5.69 Å². The van der Waals surface area contributed by atoms with Gasteiger partial charge in [-0.2, -0.15) is 0 Å². The third-order valence-corrected chi connectivity index (χ3v) is 4.62. The molecule has 162 valence electrons. The number of hydrogen-bond donors (Lipinski definition) is 2. The van der Waals surface area contributed by atoms with Crippen LogP contribution in [0.25, 0.3) is 5.69 Å². The van der Waals surface area contributed by atoms with Gasteiger partial charge in [0.2, 0.25) is 5.75 Å². The van der Waals surface area contributed by atoms with E-state index in [2.05, 4.69) is 15.3 Å². The first-order chi connectivity index (χ1) is 14.5. The van der Waals surface area contributed by atoms with Gasteiger partial charge < -0.3 is 5.11 Å². The van der Waals surface area contributed by atoms with Gasteiger partial charge in [-0.3, -0.25) is 20.0 Å². The Balaban J connectivity index is 2.06. The monoisotopic (exact) mass is 423 g/mol. The van der Waals surface area contributed by atoms with E-state index in [1.165, 1.54) is 10.7 Å². The second kappa shape index (κ2) is 8.17. The highest BCUT2D eigenvalue weighted by molar-refractivity contribution is 5.64. The number of aromatic hydroxyl groups is 1. The van der Waals surface area contributed by atoms with Gasteiger partial charge in [-0.15, -0.1) is 10.2 Å². The third-order valence-electron chi connectivity index (χ3n) is 4.62. The lowest BCUT2D eigenvalue weighted by Crippen LogP contribution is -2.14. The molecule has 0 radical (unpaired) electrons. The molecule has 1 heterocycles. The number of aromatic nitrogens is 2. The van der Waals surface area contributed by atoms with Crippen molar-refractivity contribution in [3.05, 3.63) is 73.7 Å². The summed E-state index contributed by atoms with van der Waals surface area (Å²) in [5.41, 5.74) is 1.79. The summed E-state index contributed by atoms with van der Waals surface area (Å²) in [7, 11) is 0. The molecule has 0 bridgehead atoms. The van der Waals surface area contributed by atoms with Crippen LogP contribution in [0.15, 0.2) is 51.4 Å². The van der Waals surface area contributed by atoms with Crippen molar-refractivity contribution >= 4 is 17.1 Å². The number of phenols is 1. The molecule has 31 heavy (non-hydrogen) atoms. The number of nitro benzene ring substituents is 1. The summed E-state index contributed by atoms with van der Waals surface area (Å²) in [6, 6.07) is 10.3. The Hall–Kier alpha value is -3.75. The molecule has 0 aliphatic heterocycles. The van der Waals surface area contributed by atoms with E-state index < -0.39 is 21.9 Å². The molecule has 2 N–H and O–H groups in total. The summed E-state index contributed by atoms with van der Waals surface area (Å²) < 4.78 is 1.36. The van der Waals surface area contributed by atoms with Crippen LogP contribution in [0.4, 0.5) is 17.1 Å². The van der Waals surface area contributed by atoms with Gasteiger partial charge >= 0.3 is 5.69 Å². The summed E-state index contributed by atoms with van der Waals surface area (Å²) >= 11 is 0. The zero-order chi connectivity index (χ0) is 22.9. The van der Waals surface area contributed by atoms with Gasteiger partial charge in [-0.1, -0.05) is 32.9 Å². The molecule has 0 unspecified atom stereocenters. The number of azo groups is 1. The van der Waals surface area contributed by atoms with Crippen LogP contribution in [0, 0.1) is 29.4 Å². The van der Waals surface area contributed by atoms with Crippen LogP contribution in [-0.2, 0) is 6.42 Å². The standard InChI is InChI=1S/C22H25N5O4/c1-13-7-6-8-16(9-13)26-21(29)19(14(2)25-26)24-23-17-10-15(12-22(3,4)5)11-18(20(17)28)27(30)31/h6-11,25,28H,12H2,1-5H3. The number of phenolic OH excluding ortho intramolecular Hbond substituents is 1. The summed E-state index contributed by atoms with van der Waals surface area (Å²) in [4.78, 5) is 23.6. The Morgan fingerprint density at radius 2 is 1.87 bits per heavy atom. The largest absolute Gasteiger partial charge is 0.501 e. The number of hydrogen-bond acceptors (Lipinski definition) is 6. The first kappa shape index (κ1) is 21.9. The second-order valence-electron chi connectivity index (χ2n) is 8.74. The van der Waals surface area contributed by atoms with Crippen molar-refractivity contribution in [1.29, 1.82) is 0 Å². The van der Waals surface area contributed by atoms with Crippen LogP contribution in [0.3, 0.4) is 0 Å².